The largest absolute Gasteiger partial charge is 4.00 e. The van der Waals surface area contributed by atoms with E-state index in [0.29, 0.717) is 0 Å². The molecule has 0 saturated heterocycles. The number of carbonyl (C=O) groups excluding carboxylic acids is 2. The monoisotopic (exact) mass is 424 g/mol. The minimum Gasteiger partial charge on any atom is -0.676 e. The molecule has 2 atom stereocenters. The molecule has 0 amide bonds. The van der Waals surface area contributed by atoms with Gasteiger partial charge in [-0.05, 0) is 0 Å². The second-order valence-electron chi connectivity index (χ2n) is 3.61. The third-order valence-corrected chi connectivity index (χ3v) is 2.27. The van der Waals surface area contributed by atoms with Crippen LogP contribution in [0.15, 0.2) is 0 Å². The molecule has 2 unspecified atom stereocenters. The quantitative estimate of drug-likeness (QED) is 0.519. The van der Waals surface area contributed by atoms with E-state index >= 15 is 0 Å². The van der Waals surface area contributed by atoms with Crippen LogP contribution in [0.25, 0.3) is 11.5 Å². The summed E-state index contributed by atoms with van der Waals surface area (Å²) in [6.45, 7) is 0. The fourth-order valence-corrected chi connectivity index (χ4v) is 1.23. The van der Waals surface area contributed by atoms with Crippen LogP contribution < -0.4 is 15.9 Å². The van der Waals surface area contributed by atoms with E-state index in [1.165, 1.54) is 12.8 Å². The Kier molecular flexibility index (Phi) is 10.6. The van der Waals surface area contributed by atoms with Gasteiger partial charge in [0.15, 0.2) is 0 Å². The van der Waals surface area contributed by atoms with Gasteiger partial charge in [-0.25, -0.2) is 0 Å². The zero-order valence-corrected chi connectivity index (χ0v) is 11.4. The van der Waals surface area contributed by atoms with Crippen molar-refractivity contribution in [1.29, 1.82) is 0 Å². The Balaban J connectivity index is 0. The van der Waals surface area contributed by atoms with E-state index in [2.05, 4.69) is 5.73 Å². The summed E-state index contributed by atoms with van der Waals surface area (Å²) < 4.78 is 0. The van der Waals surface area contributed by atoms with E-state index in [0.717, 1.165) is 12.8 Å². The van der Waals surface area contributed by atoms with Gasteiger partial charge >= 0.3 is 21.1 Å². The Bertz CT molecular complexity index is 228. The van der Waals surface area contributed by atoms with Gasteiger partial charge in [-0.15, -0.1) is 0 Å². The molecule has 0 bridgehead atoms. The second kappa shape index (κ2) is 9.53. The molecule has 0 aliphatic heterocycles. The molecule has 8 heteroatoms. The van der Waals surface area contributed by atoms with Crippen molar-refractivity contribution in [2.24, 2.45) is 5.73 Å². The first-order chi connectivity index (χ1) is 7.36. The van der Waals surface area contributed by atoms with Crippen molar-refractivity contribution in [3.63, 3.8) is 0 Å². The van der Waals surface area contributed by atoms with Gasteiger partial charge in [0.2, 0.25) is 0 Å². The number of aliphatic carboxylic acids is 2. The number of carboxylic acid groups (broad SMARTS) is 2. The van der Waals surface area contributed by atoms with E-state index in [-0.39, 0.29) is 33.1 Å². The number of carboxylic acids is 2. The van der Waals surface area contributed by atoms with Crippen LogP contribution in [0.4, 0.5) is 0 Å². The van der Waals surface area contributed by atoms with Crippen molar-refractivity contribution in [2.45, 2.75) is 43.8 Å². The Morgan fingerprint density at radius 1 is 1.06 bits per heavy atom. The van der Waals surface area contributed by atoms with Crippen molar-refractivity contribution in [1.82, 2.24) is 0 Å². The molecule has 100 valence electrons. The van der Waals surface area contributed by atoms with Crippen LogP contribution in [0.5, 0.6) is 0 Å². The predicted octanol–water partition coefficient (Wildman–Crippen LogP) is -1.79. The van der Waals surface area contributed by atoms with Crippen LogP contribution in [0.1, 0.15) is 25.7 Å². The molecule has 1 rings (SSSR count). The normalized spacial score (nSPS) is 23.1. The summed E-state index contributed by atoms with van der Waals surface area (Å²) >= 11 is 0. The first-order valence-electron chi connectivity index (χ1n) is 4.95. The van der Waals surface area contributed by atoms with Gasteiger partial charge in [0, 0.05) is 0 Å². The fraction of sp³-hybridized carbons (Fsp3) is 0.778. The van der Waals surface area contributed by atoms with E-state index < -0.39 is 18.0 Å². The SMILES string of the molecule is NC(C(=O)[O-])C(=O)[O-].[NH-]C1CCCCC1[NH-].[Pt+4]. The summed E-state index contributed by atoms with van der Waals surface area (Å²) in [5, 5.41) is 19.0. The first kappa shape index (κ1) is 18.9. The van der Waals surface area contributed by atoms with Gasteiger partial charge < -0.3 is 37.0 Å². The Morgan fingerprint density at radius 2 is 1.35 bits per heavy atom. The Morgan fingerprint density at radius 3 is 1.47 bits per heavy atom. The van der Waals surface area contributed by atoms with Gasteiger partial charge in [0.1, 0.15) is 0 Å². The summed E-state index contributed by atoms with van der Waals surface area (Å²) in [6, 6.07) is -2.18. The molecule has 7 nitrogen and oxygen atoms in total. The van der Waals surface area contributed by atoms with E-state index in [1.54, 1.807) is 0 Å². The molecular formula is C9H15N3O4Pt. The van der Waals surface area contributed by atoms with Crippen LogP contribution >= 0.6 is 0 Å². The minimum atomic E-state index is -2.02. The third kappa shape index (κ3) is 8.26. The smallest absolute Gasteiger partial charge is 0.676 e. The average molecular weight is 424 g/mol. The molecule has 0 radical (unpaired) electrons. The summed E-state index contributed by atoms with van der Waals surface area (Å²) in [4.78, 5) is 19.0. The van der Waals surface area contributed by atoms with Gasteiger partial charge in [-0.2, -0.15) is 12.1 Å². The Labute approximate surface area is 114 Å². The topological polar surface area (TPSA) is 154 Å². The van der Waals surface area contributed by atoms with Crippen molar-refractivity contribution in [2.75, 3.05) is 0 Å². The number of hydrogen-bond donors (Lipinski definition) is 1. The fourth-order valence-electron chi connectivity index (χ4n) is 1.23. The number of nitrogens with two attached hydrogens (primary N) is 1. The summed E-state index contributed by atoms with van der Waals surface area (Å²) in [5.41, 5.74) is 19.0. The predicted molar refractivity (Wildman–Crippen MR) is 52.7 cm³/mol. The molecule has 0 aromatic carbocycles. The van der Waals surface area contributed by atoms with Crippen LogP contribution in [-0.2, 0) is 30.7 Å². The second-order valence-corrected chi connectivity index (χ2v) is 3.61. The number of rotatable bonds is 2. The van der Waals surface area contributed by atoms with Crippen LogP contribution in [-0.4, -0.2) is 30.1 Å². The average Bonchev–Trinajstić information content (AvgIpc) is 2.22. The maximum Gasteiger partial charge on any atom is 4.00 e. The molecule has 4 N–H and O–H groups in total. The maximum absolute atomic E-state index is 9.48. The molecular weight excluding hydrogens is 409 g/mol. The molecule has 0 aromatic rings. The molecule has 0 spiro atoms. The Hall–Kier alpha value is -0.492. The molecule has 1 aliphatic rings. The third-order valence-electron chi connectivity index (χ3n) is 2.27. The molecule has 1 aliphatic carbocycles. The van der Waals surface area contributed by atoms with Gasteiger partial charge in [0.05, 0.1) is 18.0 Å². The van der Waals surface area contributed by atoms with Crippen LogP contribution in [0, 0.1) is 0 Å². The molecule has 0 aromatic heterocycles. The zero-order valence-electron chi connectivity index (χ0n) is 9.09. The zero-order chi connectivity index (χ0) is 12.7. The number of nitrogens with one attached hydrogen (secondary N) is 2. The molecule has 0 heterocycles. The molecule has 17 heavy (non-hydrogen) atoms. The van der Waals surface area contributed by atoms with Crippen LogP contribution in [0.3, 0.4) is 0 Å². The van der Waals surface area contributed by atoms with Gasteiger partial charge in [-0.3, -0.25) is 0 Å². The number of carbonyl (C=O) groups is 2. The first-order valence-corrected chi connectivity index (χ1v) is 4.95. The summed E-state index contributed by atoms with van der Waals surface area (Å²) in [5.74, 6) is -3.69. The van der Waals surface area contributed by atoms with Crippen molar-refractivity contribution in [3.05, 3.63) is 11.5 Å². The van der Waals surface area contributed by atoms with Crippen molar-refractivity contribution in [3.8, 4) is 0 Å². The molecule has 1 fully saturated rings. The summed E-state index contributed by atoms with van der Waals surface area (Å²) in [6.07, 6.45) is 4.25. The van der Waals surface area contributed by atoms with E-state index in [4.69, 9.17) is 11.5 Å². The van der Waals surface area contributed by atoms with Crippen molar-refractivity contribution < 1.29 is 40.9 Å². The standard InChI is InChI=1S/C6H12N2.C3H5NO4.Pt/c7-5-3-1-2-4-6(5)8;4-1(2(5)6)3(7)8;/h5-8H,1-4H2;1H,4H2,(H,5,6)(H,7,8);/q-2;;+4/p-2. The van der Waals surface area contributed by atoms with E-state index in [1.807, 2.05) is 0 Å². The van der Waals surface area contributed by atoms with Crippen molar-refractivity contribution >= 4 is 11.9 Å². The maximum atomic E-state index is 9.48. The van der Waals surface area contributed by atoms with E-state index in [9.17, 15) is 19.8 Å². The number of hydrogen-bond acceptors (Lipinski definition) is 5. The minimum absolute atomic E-state index is 0. The molecule has 1 saturated carbocycles. The van der Waals surface area contributed by atoms with Crippen LogP contribution in [0.2, 0.25) is 0 Å². The summed E-state index contributed by atoms with van der Waals surface area (Å²) in [7, 11) is 0. The van der Waals surface area contributed by atoms with Gasteiger partial charge in [0.25, 0.3) is 0 Å². The van der Waals surface area contributed by atoms with Gasteiger partial charge in [-0.1, -0.05) is 25.7 Å².